The molecule has 21 heavy (non-hydrogen) atoms. The molecular weight excluding hydrogens is 288 g/mol. The summed E-state index contributed by atoms with van der Waals surface area (Å²) < 4.78 is 0. The molecule has 0 aromatic carbocycles. The number of nitrogens with zero attached hydrogens (tertiary/aromatic N) is 2. The first-order chi connectivity index (χ1) is 10.0. The number of hydrogen-bond donors (Lipinski definition) is 2. The molecule has 2 heterocycles. The first kappa shape index (κ1) is 16.6. The third-order valence-electron chi connectivity index (χ3n) is 4.62. The molecular formula is C14H26N4O2S. The van der Waals surface area contributed by atoms with Gasteiger partial charge >= 0.3 is 0 Å². The summed E-state index contributed by atoms with van der Waals surface area (Å²) in [6.07, 6.45) is 4.46. The predicted octanol–water partition coefficient (Wildman–Crippen LogP) is 0.532. The minimum atomic E-state index is -0.167. The predicted molar refractivity (Wildman–Crippen MR) is 84.4 cm³/mol. The highest BCUT2D eigenvalue weighted by atomic mass is 32.2. The Labute approximate surface area is 130 Å². The van der Waals surface area contributed by atoms with Crippen LogP contribution in [0.4, 0.5) is 0 Å². The number of piperazine rings is 1. The Balaban J connectivity index is 2.15. The molecule has 2 saturated heterocycles. The number of hydrogen-bond acceptors (Lipinski definition) is 5. The number of rotatable bonds is 6. The van der Waals surface area contributed by atoms with E-state index in [-0.39, 0.29) is 22.7 Å². The Bertz CT molecular complexity index is 406. The highest BCUT2D eigenvalue weighted by Crippen LogP contribution is 2.42. The normalized spacial score (nSPS) is 29.6. The van der Waals surface area contributed by atoms with Gasteiger partial charge in [-0.25, -0.2) is 5.84 Å². The number of carbonyl (C=O) groups is 2. The Kier molecular flexibility index (Phi) is 5.51. The molecule has 2 atom stereocenters. The molecule has 0 aromatic rings. The van der Waals surface area contributed by atoms with Gasteiger partial charge < -0.3 is 4.90 Å². The van der Waals surface area contributed by atoms with Gasteiger partial charge in [0.25, 0.3) is 0 Å². The minimum absolute atomic E-state index is 0.154. The van der Waals surface area contributed by atoms with Crippen molar-refractivity contribution in [1.29, 1.82) is 0 Å². The average molecular weight is 314 g/mol. The van der Waals surface area contributed by atoms with Crippen LogP contribution in [0.2, 0.25) is 0 Å². The molecule has 2 fully saturated rings. The van der Waals surface area contributed by atoms with Gasteiger partial charge in [-0.05, 0) is 13.3 Å². The van der Waals surface area contributed by atoms with Gasteiger partial charge in [0.1, 0.15) is 0 Å². The summed E-state index contributed by atoms with van der Waals surface area (Å²) in [6.45, 7) is 6.12. The van der Waals surface area contributed by atoms with Gasteiger partial charge in [-0.15, -0.1) is 11.8 Å². The number of amides is 2. The highest BCUT2D eigenvalue weighted by Gasteiger charge is 2.50. The number of fused-ring (bicyclic) bond motifs is 1. The maximum absolute atomic E-state index is 12.0. The van der Waals surface area contributed by atoms with Crippen molar-refractivity contribution in [2.45, 2.75) is 50.4 Å². The van der Waals surface area contributed by atoms with Crippen LogP contribution in [-0.2, 0) is 9.59 Å². The van der Waals surface area contributed by atoms with Crippen LogP contribution in [0.25, 0.3) is 0 Å². The van der Waals surface area contributed by atoms with E-state index in [2.05, 4.69) is 24.2 Å². The second-order valence-electron chi connectivity index (χ2n) is 6.05. The molecule has 2 rings (SSSR count). The molecule has 3 N–H and O–H groups in total. The van der Waals surface area contributed by atoms with E-state index >= 15 is 0 Å². The standard InChI is InChI=1S/C14H26N4O2S/c1-3-4-5-6-14(2)13-18(12(20)10-21-13)8-7-17(14)9-11(19)16-15/h13H,3-10,15H2,1-2H3,(H,16,19)/t13-,14-/m1/s1. The van der Waals surface area contributed by atoms with E-state index in [1.807, 2.05) is 4.90 Å². The van der Waals surface area contributed by atoms with Crippen LogP contribution in [0.3, 0.4) is 0 Å². The molecule has 0 saturated carbocycles. The van der Waals surface area contributed by atoms with Crippen LogP contribution in [0, 0.1) is 0 Å². The smallest absolute Gasteiger partial charge is 0.248 e. The number of nitrogens with one attached hydrogen (secondary N) is 1. The van der Waals surface area contributed by atoms with Crippen LogP contribution < -0.4 is 11.3 Å². The monoisotopic (exact) mass is 314 g/mol. The van der Waals surface area contributed by atoms with E-state index < -0.39 is 0 Å². The van der Waals surface area contributed by atoms with Crippen molar-refractivity contribution in [2.24, 2.45) is 5.84 Å². The zero-order chi connectivity index (χ0) is 15.5. The van der Waals surface area contributed by atoms with Crippen LogP contribution in [0.1, 0.15) is 39.5 Å². The topological polar surface area (TPSA) is 78.7 Å². The summed E-state index contributed by atoms with van der Waals surface area (Å²) in [4.78, 5) is 27.9. The van der Waals surface area contributed by atoms with Gasteiger partial charge in [0, 0.05) is 18.6 Å². The molecule has 2 aliphatic heterocycles. The lowest BCUT2D eigenvalue weighted by molar-refractivity contribution is -0.136. The molecule has 2 amide bonds. The lowest BCUT2D eigenvalue weighted by Gasteiger charge is -2.52. The molecule has 7 heteroatoms. The van der Waals surface area contributed by atoms with Crippen LogP contribution in [0.5, 0.6) is 0 Å². The third-order valence-corrected chi connectivity index (χ3v) is 6.11. The quantitative estimate of drug-likeness (QED) is 0.324. The first-order valence-electron chi connectivity index (χ1n) is 7.68. The van der Waals surface area contributed by atoms with E-state index in [1.54, 1.807) is 11.8 Å². The van der Waals surface area contributed by atoms with Crippen LogP contribution in [0.15, 0.2) is 0 Å². The van der Waals surface area contributed by atoms with Crippen LogP contribution in [-0.4, -0.2) is 57.9 Å². The van der Waals surface area contributed by atoms with Crippen molar-refractivity contribution < 1.29 is 9.59 Å². The van der Waals surface area contributed by atoms with E-state index in [0.29, 0.717) is 18.8 Å². The summed E-state index contributed by atoms with van der Waals surface area (Å²) in [5, 5.41) is 0.154. The molecule has 120 valence electrons. The zero-order valence-corrected chi connectivity index (χ0v) is 13.7. The average Bonchev–Trinajstić information content (AvgIpc) is 2.85. The highest BCUT2D eigenvalue weighted by molar-refractivity contribution is 8.01. The summed E-state index contributed by atoms with van der Waals surface area (Å²) >= 11 is 1.71. The number of thioether (sulfide) groups is 1. The molecule has 6 nitrogen and oxygen atoms in total. The fourth-order valence-electron chi connectivity index (χ4n) is 3.34. The van der Waals surface area contributed by atoms with Gasteiger partial charge in [-0.2, -0.15) is 0 Å². The Morgan fingerprint density at radius 1 is 1.48 bits per heavy atom. The summed E-state index contributed by atoms with van der Waals surface area (Å²) in [5.41, 5.74) is 2.06. The maximum Gasteiger partial charge on any atom is 0.248 e. The summed E-state index contributed by atoms with van der Waals surface area (Å²) in [5.74, 6) is 5.86. The Hall–Kier alpha value is -0.790. The largest absolute Gasteiger partial charge is 0.327 e. The summed E-state index contributed by atoms with van der Waals surface area (Å²) in [6, 6.07) is 0. The van der Waals surface area contributed by atoms with Crippen molar-refractivity contribution in [1.82, 2.24) is 15.2 Å². The van der Waals surface area contributed by atoms with Gasteiger partial charge in [0.05, 0.1) is 17.7 Å². The Morgan fingerprint density at radius 3 is 2.90 bits per heavy atom. The van der Waals surface area contributed by atoms with Gasteiger partial charge in [-0.3, -0.25) is 19.9 Å². The summed E-state index contributed by atoms with van der Waals surface area (Å²) in [7, 11) is 0. The van der Waals surface area contributed by atoms with Crippen LogP contribution >= 0.6 is 11.8 Å². The molecule has 0 radical (unpaired) electrons. The number of unbranched alkanes of at least 4 members (excludes halogenated alkanes) is 2. The second kappa shape index (κ2) is 6.98. The van der Waals surface area contributed by atoms with E-state index in [9.17, 15) is 9.59 Å². The Morgan fingerprint density at radius 2 is 2.24 bits per heavy atom. The lowest BCUT2D eigenvalue weighted by Crippen LogP contribution is -2.66. The fourth-order valence-corrected chi connectivity index (χ4v) is 4.84. The van der Waals surface area contributed by atoms with E-state index in [1.165, 1.54) is 12.8 Å². The first-order valence-corrected chi connectivity index (χ1v) is 8.73. The lowest BCUT2D eigenvalue weighted by atomic mass is 9.89. The van der Waals surface area contributed by atoms with Gasteiger partial charge in [0.15, 0.2) is 0 Å². The second-order valence-corrected chi connectivity index (χ2v) is 7.12. The molecule has 0 spiro atoms. The molecule has 2 aliphatic rings. The molecule has 0 aromatic heterocycles. The maximum atomic E-state index is 12.0. The number of hydrazine groups is 1. The van der Waals surface area contributed by atoms with Crippen molar-refractivity contribution >= 4 is 23.6 Å². The minimum Gasteiger partial charge on any atom is -0.327 e. The van der Waals surface area contributed by atoms with Gasteiger partial charge in [0.2, 0.25) is 11.8 Å². The van der Waals surface area contributed by atoms with Crippen molar-refractivity contribution in [2.75, 3.05) is 25.4 Å². The molecule has 0 bridgehead atoms. The number of nitrogens with two attached hydrogens (primary N) is 1. The van der Waals surface area contributed by atoms with E-state index in [4.69, 9.17) is 5.84 Å². The van der Waals surface area contributed by atoms with Crippen molar-refractivity contribution in [3.8, 4) is 0 Å². The molecule has 0 unspecified atom stereocenters. The zero-order valence-electron chi connectivity index (χ0n) is 12.9. The third kappa shape index (κ3) is 3.35. The molecule has 0 aliphatic carbocycles. The van der Waals surface area contributed by atoms with Crippen molar-refractivity contribution in [3.63, 3.8) is 0 Å². The SMILES string of the molecule is CCCCC[C@]1(C)[C@H]2SCC(=O)N2CCN1CC(=O)NN. The fraction of sp³-hybridized carbons (Fsp3) is 0.857. The van der Waals surface area contributed by atoms with E-state index in [0.717, 1.165) is 19.4 Å². The van der Waals surface area contributed by atoms with Gasteiger partial charge in [-0.1, -0.05) is 26.2 Å². The number of carbonyl (C=O) groups excluding carboxylic acids is 2. The van der Waals surface area contributed by atoms with Crippen molar-refractivity contribution in [3.05, 3.63) is 0 Å².